The topological polar surface area (TPSA) is 31.2 Å². The summed E-state index contributed by atoms with van der Waals surface area (Å²) in [5.74, 6) is 0.667. The monoisotopic (exact) mass is 311 g/mol. The first-order chi connectivity index (χ1) is 10.3. The molecule has 0 aliphatic heterocycles. The van der Waals surface area contributed by atoms with Crippen LogP contribution in [-0.4, -0.2) is 11.2 Å². The van der Waals surface area contributed by atoms with Crippen molar-refractivity contribution >= 4 is 0 Å². The zero-order valence-corrected chi connectivity index (χ0v) is 12.3. The number of hydrogen-bond donors (Lipinski definition) is 0. The molecule has 118 valence electrons. The fraction of sp³-hybridized carbons (Fsp3) is 0.312. The van der Waals surface area contributed by atoms with Crippen molar-refractivity contribution in [2.24, 2.45) is 0 Å². The van der Waals surface area contributed by atoms with E-state index >= 15 is 0 Å². The smallest absolute Gasteiger partial charge is 0.417 e. The summed E-state index contributed by atoms with van der Waals surface area (Å²) in [6.07, 6.45) is -3.65. The van der Waals surface area contributed by atoms with Crippen molar-refractivity contribution in [1.29, 1.82) is 0 Å². The van der Waals surface area contributed by atoms with Gasteiger partial charge in [0.05, 0.1) is 12.1 Å². The molecule has 0 atom stereocenters. The highest BCUT2D eigenvalue weighted by atomic mass is 19.4. The Kier molecular flexibility index (Phi) is 4.59. The average Bonchev–Trinajstić information content (AvgIpc) is 2.43. The van der Waals surface area contributed by atoms with Crippen LogP contribution in [0.3, 0.4) is 0 Å². The lowest BCUT2D eigenvalue weighted by molar-refractivity contribution is -0.138. The minimum absolute atomic E-state index is 0.0517. The van der Waals surface area contributed by atoms with Crippen molar-refractivity contribution in [3.05, 3.63) is 63.6 Å². The molecule has 0 saturated carbocycles. The van der Waals surface area contributed by atoms with Gasteiger partial charge in [0.1, 0.15) is 12.4 Å². The SMILES string of the molecule is Cc1ccc(C)c(OCCn2cc(C(F)(F)F)ccc2=O)c1. The van der Waals surface area contributed by atoms with E-state index < -0.39 is 17.3 Å². The Morgan fingerprint density at radius 1 is 1.14 bits per heavy atom. The molecule has 0 unspecified atom stereocenters. The lowest BCUT2D eigenvalue weighted by Crippen LogP contribution is -2.24. The van der Waals surface area contributed by atoms with Gasteiger partial charge in [-0.15, -0.1) is 0 Å². The summed E-state index contributed by atoms with van der Waals surface area (Å²) in [4.78, 5) is 11.6. The minimum Gasteiger partial charge on any atom is -0.491 e. The molecule has 22 heavy (non-hydrogen) atoms. The highest BCUT2D eigenvalue weighted by Crippen LogP contribution is 2.28. The fourth-order valence-electron chi connectivity index (χ4n) is 1.99. The van der Waals surface area contributed by atoms with Gasteiger partial charge < -0.3 is 9.30 Å². The van der Waals surface area contributed by atoms with Crippen LogP contribution in [0.15, 0.2) is 41.3 Å². The van der Waals surface area contributed by atoms with Crippen LogP contribution >= 0.6 is 0 Å². The first-order valence-corrected chi connectivity index (χ1v) is 6.75. The fourth-order valence-corrected chi connectivity index (χ4v) is 1.99. The number of alkyl halides is 3. The largest absolute Gasteiger partial charge is 0.491 e. The first kappa shape index (κ1) is 16.1. The van der Waals surface area contributed by atoms with Crippen LogP contribution in [0.5, 0.6) is 5.75 Å². The molecule has 1 heterocycles. The van der Waals surface area contributed by atoms with Crippen LogP contribution < -0.4 is 10.3 Å². The van der Waals surface area contributed by atoms with Crippen LogP contribution in [0.2, 0.25) is 0 Å². The molecule has 0 saturated heterocycles. The third-order valence-electron chi connectivity index (χ3n) is 3.24. The molecular formula is C16H16F3NO2. The van der Waals surface area contributed by atoms with Crippen LogP contribution in [-0.2, 0) is 12.7 Å². The van der Waals surface area contributed by atoms with E-state index in [0.29, 0.717) is 5.75 Å². The molecule has 0 fully saturated rings. The predicted octanol–water partition coefficient (Wildman–Crippen LogP) is 3.56. The second kappa shape index (κ2) is 6.25. The predicted molar refractivity (Wildman–Crippen MR) is 77.1 cm³/mol. The number of pyridine rings is 1. The molecule has 1 aromatic carbocycles. The lowest BCUT2D eigenvalue weighted by Gasteiger charge is -2.13. The Balaban J connectivity index is 2.09. The van der Waals surface area contributed by atoms with Gasteiger partial charge in [-0.1, -0.05) is 12.1 Å². The third-order valence-corrected chi connectivity index (χ3v) is 3.24. The zero-order chi connectivity index (χ0) is 16.3. The van der Waals surface area contributed by atoms with E-state index in [0.717, 1.165) is 34.0 Å². The van der Waals surface area contributed by atoms with E-state index in [9.17, 15) is 18.0 Å². The third kappa shape index (κ3) is 3.90. The Labute approximate surface area is 126 Å². The second-order valence-corrected chi connectivity index (χ2v) is 5.06. The van der Waals surface area contributed by atoms with E-state index in [1.807, 2.05) is 32.0 Å². The normalized spacial score (nSPS) is 11.5. The summed E-state index contributed by atoms with van der Waals surface area (Å²) >= 11 is 0. The first-order valence-electron chi connectivity index (χ1n) is 6.75. The molecule has 0 radical (unpaired) electrons. The highest BCUT2D eigenvalue weighted by Gasteiger charge is 2.30. The molecule has 2 aromatic rings. The quantitative estimate of drug-likeness (QED) is 0.864. The number of nitrogens with zero attached hydrogens (tertiary/aromatic N) is 1. The number of aryl methyl sites for hydroxylation is 2. The Morgan fingerprint density at radius 3 is 2.55 bits per heavy atom. The minimum atomic E-state index is -4.47. The molecular weight excluding hydrogens is 295 g/mol. The van der Waals surface area contributed by atoms with Gasteiger partial charge in [-0.25, -0.2) is 0 Å². The highest BCUT2D eigenvalue weighted by molar-refractivity contribution is 5.35. The molecule has 0 bridgehead atoms. The molecule has 6 heteroatoms. The number of rotatable bonds is 4. The van der Waals surface area contributed by atoms with Gasteiger partial charge in [0.15, 0.2) is 0 Å². The second-order valence-electron chi connectivity index (χ2n) is 5.06. The van der Waals surface area contributed by atoms with Crippen molar-refractivity contribution in [1.82, 2.24) is 4.57 Å². The van der Waals surface area contributed by atoms with Crippen molar-refractivity contribution in [3.63, 3.8) is 0 Å². The summed E-state index contributed by atoms with van der Waals surface area (Å²) in [6, 6.07) is 7.40. The molecule has 0 N–H and O–H groups in total. The molecule has 1 aromatic heterocycles. The van der Waals surface area contributed by atoms with E-state index in [1.165, 1.54) is 0 Å². The zero-order valence-electron chi connectivity index (χ0n) is 12.3. The summed E-state index contributed by atoms with van der Waals surface area (Å²) in [7, 11) is 0. The number of hydrogen-bond acceptors (Lipinski definition) is 2. The van der Waals surface area contributed by atoms with Crippen molar-refractivity contribution in [2.45, 2.75) is 26.6 Å². The Morgan fingerprint density at radius 2 is 1.86 bits per heavy atom. The van der Waals surface area contributed by atoms with Gasteiger partial charge in [-0.3, -0.25) is 4.79 Å². The van der Waals surface area contributed by atoms with E-state index in [4.69, 9.17) is 4.74 Å². The van der Waals surface area contributed by atoms with Gasteiger partial charge in [0.2, 0.25) is 0 Å². The van der Waals surface area contributed by atoms with Gasteiger partial charge in [-0.2, -0.15) is 13.2 Å². The van der Waals surface area contributed by atoms with E-state index in [-0.39, 0.29) is 13.2 Å². The van der Waals surface area contributed by atoms with E-state index in [2.05, 4.69) is 0 Å². The molecule has 3 nitrogen and oxygen atoms in total. The van der Waals surface area contributed by atoms with Crippen LogP contribution in [0, 0.1) is 13.8 Å². The summed E-state index contributed by atoms with van der Waals surface area (Å²) in [5.41, 5.74) is 0.621. The summed E-state index contributed by atoms with van der Waals surface area (Å²) in [6.45, 7) is 3.97. The maximum absolute atomic E-state index is 12.6. The van der Waals surface area contributed by atoms with Gasteiger partial charge >= 0.3 is 6.18 Å². The van der Waals surface area contributed by atoms with Crippen LogP contribution in [0.4, 0.5) is 13.2 Å². The van der Waals surface area contributed by atoms with Crippen molar-refractivity contribution in [2.75, 3.05) is 6.61 Å². The maximum atomic E-state index is 12.6. The Bertz CT molecular complexity index is 720. The van der Waals surface area contributed by atoms with E-state index in [1.54, 1.807) is 0 Å². The Hall–Kier alpha value is -2.24. The number of benzene rings is 1. The number of aromatic nitrogens is 1. The number of ether oxygens (including phenoxy) is 1. The molecule has 0 spiro atoms. The summed E-state index contributed by atoms with van der Waals surface area (Å²) < 4.78 is 44.5. The van der Waals surface area contributed by atoms with Crippen LogP contribution in [0.1, 0.15) is 16.7 Å². The van der Waals surface area contributed by atoms with Gasteiger partial charge in [0.25, 0.3) is 5.56 Å². The number of halogens is 3. The molecule has 0 amide bonds. The summed E-state index contributed by atoms with van der Waals surface area (Å²) in [5, 5.41) is 0. The van der Waals surface area contributed by atoms with Crippen molar-refractivity contribution < 1.29 is 17.9 Å². The molecule has 2 rings (SSSR count). The molecule has 0 aliphatic rings. The lowest BCUT2D eigenvalue weighted by atomic mass is 10.1. The maximum Gasteiger partial charge on any atom is 0.417 e. The standard InChI is InChI=1S/C16H16F3NO2/c1-11-3-4-12(2)14(9-11)22-8-7-20-10-13(16(17,18)19)5-6-15(20)21/h3-6,9-10H,7-8H2,1-2H3. The van der Waals surface area contributed by atoms with Crippen LogP contribution in [0.25, 0.3) is 0 Å². The van der Waals surface area contributed by atoms with Gasteiger partial charge in [-0.05, 0) is 37.1 Å². The molecule has 0 aliphatic carbocycles. The van der Waals surface area contributed by atoms with Crippen molar-refractivity contribution in [3.8, 4) is 5.75 Å². The average molecular weight is 311 g/mol. The van der Waals surface area contributed by atoms with Gasteiger partial charge in [0, 0.05) is 12.3 Å².